The van der Waals surface area contributed by atoms with Gasteiger partial charge in [-0.05, 0) is 25.7 Å². The van der Waals surface area contributed by atoms with E-state index in [0.717, 1.165) is 12.8 Å². The van der Waals surface area contributed by atoms with E-state index < -0.39 is 10.0 Å². The van der Waals surface area contributed by atoms with Crippen molar-refractivity contribution < 1.29 is 8.42 Å². The van der Waals surface area contributed by atoms with Gasteiger partial charge in [-0.1, -0.05) is 6.92 Å². The number of aromatic nitrogens is 2. The monoisotopic (exact) mass is 284 g/mol. The molecule has 3 heterocycles. The second-order valence-corrected chi connectivity index (χ2v) is 7.30. The van der Waals surface area contributed by atoms with Crippen molar-refractivity contribution in [1.29, 1.82) is 0 Å². The first-order valence-electron chi connectivity index (χ1n) is 6.88. The minimum atomic E-state index is -3.41. The van der Waals surface area contributed by atoms with Crippen LogP contribution in [0, 0.1) is 0 Å². The molecule has 0 amide bonds. The maximum absolute atomic E-state index is 12.6. The van der Waals surface area contributed by atoms with Crippen molar-refractivity contribution in [3.63, 3.8) is 0 Å². The van der Waals surface area contributed by atoms with Crippen molar-refractivity contribution in [2.24, 2.45) is 0 Å². The second kappa shape index (κ2) is 4.88. The third kappa shape index (κ3) is 2.30. The number of sulfonamides is 1. The van der Waals surface area contributed by atoms with Crippen LogP contribution in [0.3, 0.4) is 0 Å². The smallest absolute Gasteiger partial charge is 0.246 e. The fourth-order valence-corrected chi connectivity index (χ4v) is 4.97. The van der Waals surface area contributed by atoms with Crippen molar-refractivity contribution in [1.82, 2.24) is 19.8 Å². The van der Waals surface area contributed by atoms with Crippen LogP contribution < -0.4 is 5.32 Å². The summed E-state index contributed by atoms with van der Waals surface area (Å²) in [7, 11) is -3.41. The van der Waals surface area contributed by atoms with Crippen molar-refractivity contribution in [2.45, 2.75) is 55.6 Å². The summed E-state index contributed by atoms with van der Waals surface area (Å²) in [6.45, 7) is 2.42. The Labute approximate surface area is 113 Å². The Hall–Kier alpha value is -0.920. The Bertz CT molecular complexity index is 516. The Morgan fingerprint density at radius 1 is 1.37 bits per heavy atom. The van der Waals surface area contributed by atoms with Gasteiger partial charge in [0.2, 0.25) is 10.0 Å². The fourth-order valence-electron chi connectivity index (χ4n) is 3.40. The van der Waals surface area contributed by atoms with E-state index in [2.05, 4.69) is 15.5 Å². The van der Waals surface area contributed by atoms with E-state index in [1.54, 1.807) is 4.31 Å². The van der Waals surface area contributed by atoms with E-state index in [1.165, 1.54) is 25.2 Å². The van der Waals surface area contributed by atoms with E-state index in [4.69, 9.17) is 0 Å². The normalized spacial score (nSPS) is 30.9. The van der Waals surface area contributed by atoms with Gasteiger partial charge in [0, 0.05) is 30.9 Å². The highest BCUT2D eigenvalue weighted by Crippen LogP contribution is 2.32. The van der Waals surface area contributed by atoms with Crippen LogP contribution in [-0.2, 0) is 10.0 Å². The molecule has 0 radical (unpaired) electrons. The van der Waals surface area contributed by atoms with Crippen molar-refractivity contribution in [3.8, 4) is 0 Å². The Kier molecular flexibility index (Phi) is 3.36. The first kappa shape index (κ1) is 13.1. The number of nitrogens with one attached hydrogen (secondary N) is 2. The summed E-state index contributed by atoms with van der Waals surface area (Å²) in [5.74, 6) is 0. The number of H-pyrrole nitrogens is 1. The van der Waals surface area contributed by atoms with Crippen LogP contribution in [-0.4, -0.2) is 47.6 Å². The molecule has 2 N–H and O–H groups in total. The molecular formula is C12H20N4O2S. The standard InChI is InChI=1S/C12H20N4O2S/c1-2-16(19(17,18)12-7-13-14-8-12)11-5-9-3-4-10(6-11)15-9/h7-11,15H,2-6H2,1H3,(H,13,14). The lowest BCUT2D eigenvalue weighted by Crippen LogP contribution is -2.50. The number of aromatic amines is 1. The van der Waals surface area contributed by atoms with Gasteiger partial charge in [-0.3, -0.25) is 5.10 Å². The zero-order chi connectivity index (χ0) is 13.5. The average molecular weight is 284 g/mol. The largest absolute Gasteiger partial charge is 0.311 e. The molecule has 7 heteroatoms. The van der Waals surface area contributed by atoms with Gasteiger partial charge in [0.25, 0.3) is 0 Å². The van der Waals surface area contributed by atoms with E-state index in [-0.39, 0.29) is 10.9 Å². The number of fused-ring (bicyclic) bond motifs is 2. The Balaban J connectivity index is 1.85. The zero-order valence-electron chi connectivity index (χ0n) is 11.0. The maximum atomic E-state index is 12.6. The van der Waals surface area contributed by atoms with E-state index in [9.17, 15) is 8.42 Å². The average Bonchev–Trinajstić information content (AvgIpc) is 3.00. The van der Waals surface area contributed by atoms with Gasteiger partial charge in [-0.25, -0.2) is 8.42 Å². The van der Waals surface area contributed by atoms with Crippen molar-refractivity contribution in [2.75, 3.05) is 6.54 Å². The number of hydrogen-bond donors (Lipinski definition) is 2. The highest BCUT2D eigenvalue weighted by Gasteiger charge is 2.39. The highest BCUT2D eigenvalue weighted by molar-refractivity contribution is 7.89. The molecular weight excluding hydrogens is 264 g/mol. The van der Waals surface area contributed by atoms with Crippen LogP contribution in [0.2, 0.25) is 0 Å². The zero-order valence-corrected chi connectivity index (χ0v) is 11.9. The predicted octanol–water partition coefficient (Wildman–Crippen LogP) is 0.703. The summed E-state index contributed by atoms with van der Waals surface area (Å²) in [5.41, 5.74) is 0. The maximum Gasteiger partial charge on any atom is 0.246 e. The first-order valence-corrected chi connectivity index (χ1v) is 8.32. The summed E-state index contributed by atoms with van der Waals surface area (Å²) in [6, 6.07) is 1.08. The summed E-state index contributed by atoms with van der Waals surface area (Å²) in [6.07, 6.45) is 7.01. The summed E-state index contributed by atoms with van der Waals surface area (Å²) < 4.78 is 26.8. The molecule has 106 valence electrons. The quantitative estimate of drug-likeness (QED) is 0.853. The molecule has 1 aromatic heterocycles. The summed E-state index contributed by atoms with van der Waals surface area (Å²) in [4.78, 5) is 0.264. The van der Waals surface area contributed by atoms with Crippen LogP contribution in [0.1, 0.15) is 32.6 Å². The Morgan fingerprint density at radius 2 is 2.05 bits per heavy atom. The molecule has 2 unspecified atom stereocenters. The van der Waals surface area contributed by atoms with Gasteiger partial charge < -0.3 is 5.32 Å². The second-order valence-electron chi connectivity index (χ2n) is 5.41. The van der Waals surface area contributed by atoms with Gasteiger partial charge in [0.15, 0.2) is 0 Å². The molecule has 2 bridgehead atoms. The number of hydrogen-bond acceptors (Lipinski definition) is 4. The molecule has 2 fully saturated rings. The minimum Gasteiger partial charge on any atom is -0.311 e. The molecule has 2 aliphatic heterocycles. The van der Waals surface area contributed by atoms with Gasteiger partial charge in [0.1, 0.15) is 4.90 Å². The molecule has 0 saturated carbocycles. The number of rotatable bonds is 4. The van der Waals surface area contributed by atoms with Crippen molar-refractivity contribution in [3.05, 3.63) is 12.4 Å². The summed E-state index contributed by atoms with van der Waals surface area (Å²) in [5, 5.41) is 9.87. The lowest BCUT2D eigenvalue weighted by Gasteiger charge is -2.36. The molecule has 1 aromatic rings. The Morgan fingerprint density at radius 3 is 2.58 bits per heavy atom. The van der Waals surface area contributed by atoms with Crippen LogP contribution in [0.4, 0.5) is 0 Å². The molecule has 3 rings (SSSR count). The van der Waals surface area contributed by atoms with Gasteiger partial charge >= 0.3 is 0 Å². The predicted molar refractivity (Wildman–Crippen MR) is 71.1 cm³/mol. The van der Waals surface area contributed by atoms with Gasteiger partial charge in [-0.15, -0.1) is 0 Å². The van der Waals surface area contributed by atoms with E-state index >= 15 is 0 Å². The fraction of sp³-hybridized carbons (Fsp3) is 0.750. The number of nitrogens with zero attached hydrogens (tertiary/aromatic N) is 2. The van der Waals surface area contributed by atoms with Crippen LogP contribution in [0.15, 0.2) is 17.3 Å². The van der Waals surface area contributed by atoms with Gasteiger partial charge in [0.05, 0.1) is 6.20 Å². The van der Waals surface area contributed by atoms with Crippen molar-refractivity contribution >= 4 is 10.0 Å². The van der Waals surface area contributed by atoms with E-state index in [0.29, 0.717) is 18.6 Å². The first-order chi connectivity index (χ1) is 9.11. The lowest BCUT2D eigenvalue weighted by molar-refractivity contribution is 0.232. The van der Waals surface area contributed by atoms with Gasteiger partial charge in [-0.2, -0.15) is 9.40 Å². The number of piperidine rings is 1. The van der Waals surface area contributed by atoms with Crippen LogP contribution in [0.25, 0.3) is 0 Å². The minimum absolute atomic E-state index is 0.114. The summed E-state index contributed by atoms with van der Waals surface area (Å²) >= 11 is 0. The molecule has 0 aromatic carbocycles. The SMILES string of the molecule is CCN(C1CC2CCC(C1)N2)S(=O)(=O)c1cn[nH]c1. The molecule has 2 aliphatic rings. The highest BCUT2D eigenvalue weighted by atomic mass is 32.2. The topological polar surface area (TPSA) is 78.1 Å². The van der Waals surface area contributed by atoms with Crippen LogP contribution >= 0.6 is 0 Å². The van der Waals surface area contributed by atoms with Crippen LogP contribution in [0.5, 0.6) is 0 Å². The van der Waals surface area contributed by atoms with E-state index in [1.807, 2.05) is 6.92 Å². The molecule has 0 spiro atoms. The lowest BCUT2D eigenvalue weighted by atomic mass is 10.00. The third-order valence-corrected chi connectivity index (χ3v) is 6.24. The molecule has 19 heavy (non-hydrogen) atoms. The third-order valence-electron chi connectivity index (χ3n) is 4.25. The molecule has 2 atom stereocenters. The molecule has 6 nitrogen and oxygen atoms in total. The molecule has 2 saturated heterocycles. The molecule has 0 aliphatic carbocycles.